The molecule has 0 radical (unpaired) electrons. The third-order valence-corrected chi connectivity index (χ3v) is 4.48. The van der Waals surface area contributed by atoms with Gasteiger partial charge in [0.15, 0.2) is 0 Å². The van der Waals surface area contributed by atoms with Gasteiger partial charge in [-0.2, -0.15) is 5.10 Å². The molecule has 3 nitrogen and oxygen atoms in total. The minimum atomic E-state index is 0.761. The van der Waals surface area contributed by atoms with Crippen LogP contribution in [0.4, 0.5) is 0 Å². The number of piperazine rings is 1. The molecule has 23 heavy (non-hydrogen) atoms. The van der Waals surface area contributed by atoms with Crippen LogP contribution in [-0.2, 0) is 6.54 Å². The Labute approximate surface area is 143 Å². The minimum Gasteiger partial charge on any atom is -0.295 e. The normalized spacial score (nSPS) is 16.6. The molecule has 3 rings (SSSR count). The van der Waals surface area contributed by atoms with Gasteiger partial charge in [0.25, 0.3) is 0 Å². The summed E-state index contributed by atoms with van der Waals surface area (Å²) >= 11 is 6.24. The van der Waals surface area contributed by atoms with E-state index in [0.717, 1.165) is 49.0 Å². The molecule has 1 fully saturated rings. The molecular formula is C19H22ClN3. The van der Waals surface area contributed by atoms with Crippen LogP contribution in [0.3, 0.4) is 0 Å². The molecule has 0 atom stereocenters. The number of rotatable bonds is 4. The average Bonchev–Trinajstić information content (AvgIpc) is 2.58. The van der Waals surface area contributed by atoms with E-state index in [0.29, 0.717) is 0 Å². The summed E-state index contributed by atoms with van der Waals surface area (Å²) in [5, 5.41) is 7.66. The van der Waals surface area contributed by atoms with E-state index >= 15 is 0 Å². The van der Waals surface area contributed by atoms with Crippen LogP contribution in [0.25, 0.3) is 0 Å². The Hall–Kier alpha value is -1.84. The molecule has 1 heterocycles. The van der Waals surface area contributed by atoms with Crippen molar-refractivity contribution in [2.75, 3.05) is 26.2 Å². The van der Waals surface area contributed by atoms with Crippen molar-refractivity contribution in [3.05, 3.63) is 70.7 Å². The first-order chi connectivity index (χ1) is 11.2. The van der Waals surface area contributed by atoms with E-state index in [4.69, 9.17) is 16.7 Å². The molecule has 0 unspecified atom stereocenters. The van der Waals surface area contributed by atoms with Gasteiger partial charge in [-0.3, -0.25) is 9.91 Å². The smallest absolute Gasteiger partial charge is 0.0661 e. The number of benzene rings is 2. The predicted octanol–water partition coefficient (Wildman–Crippen LogP) is 3.88. The first kappa shape index (κ1) is 16.0. The van der Waals surface area contributed by atoms with Gasteiger partial charge in [-0.25, -0.2) is 0 Å². The summed E-state index contributed by atoms with van der Waals surface area (Å²) in [7, 11) is 0. The number of hydrogen-bond donors (Lipinski definition) is 0. The second-order valence-corrected chi connectivity index (χ2v) is 6.29. The Morgan fingerprint density at radius 2 is 1.61 bits per heavy atom. The molecule has 0 aromatic heterocycles. The molecule has 0 aliphatic carbocycles. The minimum absolute atomic E-state index is 0.761. The Morgan fingerprint density at radius 3 is 2.30 bits per heavy atom. The maximum absolute atomic E-state index is 6.24. The fourth-order valence-corrected chi connectivity index (χ4v) is 3.13. The highest BCUT2D eigenvalue weighted by Gasteiger charge is 2.16. The van der Waals surface area contributed by atoms with Gasteiger partial charge in [-0.15, -0.1) is 0 Å². The quantitative estimate of drug-likeness (QED) is 0.794. The Balaban J connectivity index is 1.57. The summed E-state index contributed by atoms with van der Waals surface area (Å²) in [6.45, 7) is 7.02. The lowest BCUT2D eigenvalue weighted by atomic mass is 10.1. The molecule has 2 aromatic rings. The number of nitrogens with zero attached hydrogens (tertiary/aromatic N) is 3. The molecule has 0 spiro atoms. The average molecular weight is 328 g/mol. The van der Waals surface area contributed by atoms with Crippen LogP contribution in [0.1, 0.15) is 18.1 Å². The molecule has 0 bridgehead atoms. The van der Waals surface area contributed by atoms with Crippen LogP contribution in [0.15, 0.2) is 59.7 Å². The van der Waals surface area contributed by atoms with Gasteiger partial charge in [-0.05, 0) is 18.6 Å². The molecular weight excluding hydrogens is 306 g/mol. The first-order valence-corrected chi connectivity index (χ1v) is 8.41. The van der Waals surface area contributed by atoms with Crippen molar-refractivity contribution in [1.82, 2.24) is 9.91 Å². The topological polar surface area (TPSA) is 18.8 Å². The summed E-state index contributed by atoms with van der Waals surface area (Å²) < 4.78 is 0. The van der Waals surface area contributed by atoms with Crippen molar-refractivity contribution in [2.24, 2.45) is 5.10 Å². The lowest BCUT2D eigenvalue weighted by molar-refractivity contribution is 0.130. The molecule has 120 valence electrons. The van der Waals surface area contributed by atoms with Crippen molar-refractivity contribution < 1.29 is 0 Å². The molecule has 0 amide bonds. The van der Waals surface area contributed by atoms with Gasteiger partial charge < -0.3 is 0 Å². The van der Waals surface area contributed by atoms with Gasteiger partial charge in [0.2, 0.25) is 0 Å². The SMILES string of the molecule is C/C(=N\N1CCN(Cc2ccccc2)CC1)c1ccccc1Cl. The van der Waals surface area contributed by atoms with Gasteiger partial charge in [0.05, 0.1) is 5.71 Å². The molecule has 0 N–H and O–H groups in total. The van der Waals surface area contributed by atoms with Crippen LogP contribution in [0.2, 0.25) is 5.02 Å². The molecule has 2 aromatic carbocycles. The Kier molecular flexibility index (Phi) is 5.31. The van der Waals surface area contributed by atoms with E-state index in [1.54, 1.807) is 0 Å². The highest BCUT2D eigenvalue weighted by atomic mass is 35.5. The van der Waals surface area contributed by atoms with Crippen molar-refractivity contribution in [3.8, 4) is 0 Å². The van der Waals surface area contributed by atoms with Gasteiger partial charge >= 0.3 is 0 Å². The number of halogens is 1. The maximum Gasteiger partial charge on any atom is 0.0661 e. The molecule has 1 aliphatic rings. The van der Waals surface area contributed by atoms with Crippen molar-refractivity contribution in [3.63, 3.8) is 0 Å². The molecule has 0 saturated carbocycles. The van der Waals surface area contributed by atoms with Crippen LogP contribution in [-0.4, -0.2) is 41.8 Å². The lowest BCUT2D eigenvalue weighted by Crippen LogP contribution is -2.43. The highest BCUT2D eigenvalue weighted by Crippen LogP contribution is 2.17. The number of hydrazone groups is 1. The summed E-state index contributed by atoms with van der Waals surface area (Å²) in [5.41, 5.74) is 3.37. The van der Waals surface area contributed by atoms with E-state index in [9.17, 15) is 0 Å². The standard InChI is InChI=1S/C19H22ClN3/c1-16(18-9-5-6-10-19(18)20)21-23-13-11-22(12-14-23)15-17-7-3-2-4-8-17/h2-10H,11-15H2,1H3/b21-16+. The van der Waals surface area contributed by atoms with Crippen molar-refractivity contribution in [2.45, 2.75) is 13.5 Å². The zero-order valence-electron chi connectivity index (χ0n) is 13.5. The van der Waals surface area contributed by atoms with E-state index in [-0.39, 0.29) is 0 Å². The van der Waals surface area contributed by atoms with E-state index in [2.05, 4.69) is 40.2 Å². The van der Waals surface area contributed by atoms with Gasteiger partial charge in [0.1, 0.15) is 0 Å². The Bertz CT molecular complexity index is 661. The van der Waals surface area contributed by atoms with Crippen LogP contribution >= 0.6 is 11.6 Å². The van der Waals surface area contributed by atoms with E-state index in [1.807, 2.05) is 31.2 Å². The third-order valence-electron chi connectivity index (χ3n) is 4.15. The molecule has 1 saturated heterocycles. The lowest BCUT2D eigenvalue weighted by Gasteiger charge is -2.33. The van der Waals surface area contributed by atoms with Crippen LogP contribution in [0.5, 0.6) is 0 Å². The monoisotopic (exact) mass is 327 g/mol. The maximum atomic E-state index is 6.24. The fraction of sp³-hybridized carbons (Fsp3) is 0.316. The molecule has 1 aliphatic heterocycles. The second kappa shape index (κ2) is 7.62. The zero-order chi connectivity index (χ0) is 16.1. The fourth-order valence-electron chi connectivity index (χ4n) is 2.86. The van der Waals surface area contributed by atoms with Crippen LogP contribution in [0, 0.1) is 0 Å². The first-order valence-electron chi connectivity index (χ1n) is 8.04. The van der Waals surface area contributed by atoms with Gasteiger partial charge in [0, 0.05) is 43.3 Å². The molecule has 4 heteroatoms. The summed E-state index contributed by atoms with van der Waals surface area (Å²) in [6, 6.07) is 18.5. The number of hydrogen-bond acceptors (Lipinski definition) is 3. The predicted molar refractivity (Wildman–Crippen MR) is 97.0 cm³/mol. The van der Waals surface area contributed by atoms with Crippen molar-refractivity contribution in [1.29, 1.82) is 0 Å². The highest BCUT2D eigenvalue weighted by molar-refractivity contribution is 6.34. The Morgan fingerprint density at radius 1 is 0.957 bits per heavy atom. The largest absolute Gasteiger partial charge is 0.295 e. The zero-order valence-corrected chi connectivity index (χ0v) is 14.2. The summed E-state index contributed by atoms with van der Waals surface area (Å²) in [6.07, 6.45) is 0. The summed E-state index contributed by atoms with van der Waals surface area (Å²) in [5.74, 6) is 0. The van der Waals surface area contributed by atoms with Crippen LogP contribution < -0.4 is 0 Å². The van der Waals surface area contributed by atoms with E-state index in [1.165, 1.54) is 5.56 Å². The van der Waals surface area contributed by atoms with Gasteiger partial charge in [-0.1, -0.05) is 60.1 Å². The third kappa shape index (κ3) is 4.34. The van der Waals surface area contributed by atoms with Crippen molar-refractivity contribution >= 4 is 17.3 Å². The van der Waals surface area contributed by atoms with E-state index < -0.39 is 0 Å². The second-order valence-electron chi connectivity index (χ2n) is 5.88. The summed E-state index contributed by atoms with van der Waals surface area (Å²) in [4.78, 5) is 2.48.